The van der Waals surface area contributed by atoms with Gasteiger partial charge >= 0.3 is 0 Å². The van der Waals surface area contributed by atoms with Crippen LogP contribution < -0.4 is 5.43 Å². The topological polar surface area (TPSA) is 79.9 Å². The summed E-state index contributed by atoms with van der Waals surface area (Å²) in [6.45, 7) is 0. The third-order valence-corrected chi connectivity index (χ3v) is 1.41. The molecule has 2 rings (SSSR count). The van der Waals surface area contributed by atoms with E-state index in [1.165, 1.54) is 6.20 Å². The lowest BCUT2D eigenvalue weighted by Crippen LogP contribution is -2.08. The van der Waals surface area contributed by atoms with Gasteiger partial charge in [-0.25, -0.2) is 0 Å². The summed E-state index contributed by atoms with van der Waals surface area (Å²) in [5.74, 6) is 0.330. The van der Waals surface area contributed by atoms with Crippen molar-refractivity contribution >= 4 is 17.4 Å². The van der Waals surface area contributed by atoms with Crippen molar-refractivity contribution in [3.63, 3.8) is 0 Å². The molecule has 1 aliphatic rings. The van der Waals surface area contributed by atoms with E-state index in [1.807, 2.05) is 0 Å². The number of aromatic nitrogens is 2. The number of nitrogens with zero attached hydrogens (tertiary/aromatic N) is 5. The largest absolute Gasteiger partial charge is 0.283 e. The van der Waals surface area contributed by atoms with Crippen LogP contribution in [0.4, 0.5) is 0 Å². The van der Waals surface area contributed by atoms with Gasteiger partial charge in [-0.15, -0.1) is 10.5 Å². The number of hydrogen-bond donors (Lipinski definition) is 1. The molecule has 0 aromatic carbocycles. The van der Waals surface area contributed by atoms with Crippen molar-refractivity contribution in [2.24, 2.45) is 15.5 Å². The predicted molar refractivity (Wildman–Crippen MR) is 37.1 cm³/mol. The summed E-state index contributed by atoms with van der Waals surface area (Å²) >= 11 is 5.70. The Labute approximate surface area is 66.3 Å². The Morgan fingerprint density at radius 3 is 2.82 bits per heavy atom. The Kier molecular flexibility index (Phi) is 1.32. The van der Waals surface area contributed by atoms with Gasteiger partial charge in [0.2, 0.25) is 5.84 Å². The van der Waals surface area contributed by atoms with Crippen molar-refractivity contribution in [2.45, 2.75) is 0 Å². The van der Waals surface area contributed by atoms with Crippen molar-refractivity contribution in [3.8, 4) is 0 Å². The average molecular weight is 170 g/mol. The van der Waals surface area contributed by atoms with E-state index in [-0.39, 0.29) is 0 Å². The highest BCUT2D eigenvalue weighted by Gasteiger charge is 2.15. The lowest BCUT2D eigenvalue weighted by Gasteiger charge is -1.88. The van der Waals surface area contributed by atoms with E-state index in [4.69, 9.17) is 11.6 Å². The number of amidine groups is 1. The highest BCUT2D eigenvalue weighted by Crippen LogP contribution is 2.13. The molecule has 1 aromatic heterocycles. The molecule has 0 amide bonds. The molecule has 0 unspecified atom stereocenters. The molecule has 7 heteroatoms. The SMILES string of the molecule is Clc1c[nH]nc1C1=NN=N[N]1. The van der Waals surface area contributed by atoms with Crippen LogP contribution in [0, 0.1) is 0 Å². The molecular weight excluding hydrogens is 168 g/mol. The van der Waals surface area contributed by atoms with E-state index in [0.29, 0.717) is 16.6 Å². The van der Waals surface area contributed by atoms with Gasteiger partial charge in [0.25, 0.3) is 0 Å². The molecule has 1 aromatic rings. The van der Waals surface area contributed by atoms with Crippen molar-refractivity contribution in [1.29, 1.82) is 0 Å². The quantitative estimate of drug-likeness (QED) is 0.660. The van der Waals surface area contributed by atoms with Crippen molar-refractivity contribution in [1.82, 2.24) is 15.6 Å². The molecule has 1 radical (unpaired) electrons. The summed E-state index contributed by atoms with van der Waals surface area (Å²) in [6, 6.07) is 0. The molecule has 2 heterocycles. The molecule has 0 spiro atoms. The van der Waals surface area contributed by atoms with E-state index >= 15 is 0 Å². The molecule has 0 atom stereocenters. The van der Waals surface area contributed by atoms with E-state index in [1.54, 1.807) is 0 Å². The Morgan fingerprint density at radius 1 is 1.36 bits per heavy atom. The number of halogens is 1. The third kappa shape index (κ3) is 0.966. The minimum Gasteiger partial charge on any atom is -0.283 e. The number of rotatable bonds is 1. The zero-order valence-electron chi connectivity index (χ0n) is 5.19. The molecule has 0 aliphatic carbocycles. The van der Waals surface area contributed by atoms with Gasteiger partial charge in [0.15, 0.2) is 5.69 Å². The molecule has 1 aliphatic heterocycles. The Hall–Kier alpha value is -1.43. The molecule has 6 nitrogen and oxygen atoms in total. The van der Waals surface area contributed by atoms with Crippen LogP contribution in [-0.2, 0) is 0 Å². The molecule has 0 saturated carbocycles. The summed E-state index contributed by atoms with van der Waals surface area (Å²) in [5, 5.41) is 17.0. The number of hydrogen-bond acceptors (Lipinski definition) is 4. The number of aromatic amines is 1. The highest BCUT2D eigenvalue weighted by atomic mass is 35.5. The fourth-order valence-electron chi connectivity index (χ4n) is 0.672. The minimum absolute atomic E-state index is 0.330. The van der Waals surface area contributed by atoms with Crippen LogP contribution in [-0.4, -0.2) is 16.0 Å². The van der Waals surface area contributed by atoms with Gasteiger partial charge < -0.3 is 0 Å². The van der Waals surface area contributed by atoms with Gasteiger partial charge in [-0.2, -0.15) is 5.10 Å². The standard InChI is InChI=1S/C4H2ClN6/c5-2-1-6-7-3(2)4-8-10-11-9-4/h1H,(H,6,7). The lowest BCUT2D eigenvalue weighted by atomic mass is 10.4. The molecule has 55 valence electrons. The molecule has 0 bridgehead atoms. The zero-order chi connectivity index (χ0) is 7.68. The third-order valence-electron chi connectivity index (χ3n) is 1.12. The summed E-state index contributed by atoms with van der Waals surface area (Å²) in [4.78, 5) is 0. The second-order valence-electron chi connectivity index (χ2n) is 1.78. The van der Waals surface area contributed by atoms with Gasteiger partial charge in [0.1, 0.15) is 0 Å². The van der Waals surface area contributed by atoms with E-state index in [2.05, 4.69) is 31.2 Å². The first-order valence-corrected chi connectivity index (χ1v) is 3.14. The van der Waals surface area contributed by atoms with Crippen LogP contribution in [0.15, 0.2) is 21.7 Å². The van der Waals surface area contributed by atoms with Gasteiger partial charge in [0.05, 0.1) is 5.02 Å². The van der Waals surface area contributed by atoms with Crippen LogP contribution in [0.3, 0.4) is 0 Å². The molecule has 0 saturated heterocycles. The van der Waals surface area contributed by atoms with Gasteiger partial charge in [-0.3, -0.25) is 5.10 Å². The maximum atomic E-state index is 5.70. The predicted octanol–water partition coefficient (Wildman–Crippen LogP) is 0.710. The van der Waals surface area contributed by atoms with Gasteiger partial charge in [-0.1, -0.05) is 11.6 Å². The fraction of sp³-hybridized carbons (Fsp3) is 0. The minimum atomic E-state index is 0.330. The zero-order valence-corrected chi connectivity index (χ0v) is 5.95. The fourth-order valence-corrected chi connectivity index (χ4v) is 0.847. The summed E-state index contributed by atoms with van der Waals surface area (Å²) in [6.07, 6.45) is 1.53. The molecule has 0 fully saturated rings. The Balaban J connectivity index is 2.37. The summed E-state index contributed by atoms with van der Waals surface area (Å²) < 4.78 is 0. The van der Waals surface area contributed by atoms with Crippen LogP contribution in [0.1, 0.15) is 5.69 Å². The maximum Gasteiger partial charge on any atom is 0.228 e. The smallest absolute Gasteiger partial charge is 0.228 e. The van der Waals surface area contributed by atoms with Gasteiger partial charge in [0, 0.05) is 6.20 Å². The molecule has 11 heavy (non-hydrogen) atoms. The monoisotopic (exact) mass is 169 g/mol. The van der Waals surface area contributed by atoms with Crippen molar-refractivity contribution < 1.29 is 0 Å². The normalized spacial score (nSPS) is 14.8. The average Bonchev–Trinajstić information content (AvgIpc) is 2.55. The maximum absolute atomic E-state index is 5.70. The second-order valence-corrected chi connectivity index (χ2v) is 2.19. The summed E-state index contributed by atoms with van der Waals surface area (Å²) in [7, 11) is 0. The van der Waals surface area contributed by atoms with E-state index in [9.17, 15) is 0 Å². The first-order chi connectivity index (χ1) is 5.38. The molecule has 1 N–H and O–H groups in total. The van der Waals surface area contributed by atoms with Crippen LogP contribution in [0.2, 0.25) is 5.02 Å². The first-order valence-electron chi connectivity index (χ1n) is 2.76. The van der Waals surface area contributed by atoms with Crippen LogP contribution in [0.25, 0.3) is 0 Å². The second kappa shape index (κ2) is 2.31. The number of H-pyrrole nitrogens is 1. The number of nitrogens with one attached hydrogen (secondary N) is 1. The Morgan fingerprint density at radius 2 is 2.27 bits per heavy atom. The van der Waals surface area contributed by atoms with E-state index < -0.39 is 0 Å². The highest BCUT2D eigenvalue weighted by molar-refractivity contribution is 6.33. The van der Waals surface area contributed by atoms with Crippen LogP contribution in [0.5, 0.6) is 0 Å². The lowest BCUT2D eigenvalue weighted by molar-refractivity contribution is 0.919. The van der Waals surface area contributed by atoms with Crippen LogP contribution >= 0.6 is 11.6 Å². The van der Waals surface area contributed by atoms with Crippen molar-refractivity contribution in [3.05, 3.63) is 16.9 Å². The van der Waals surface area contributed by atoms with Crippen molar-refractivity contribution in [2.75, 3.05) is 0 Å². The van der Waals surface area contributed by atoms with Gasteiger partial charge in [-0.05, 0) is 10.4 Å². The first kappa shape index (κ1) is 6.29. The van der Waals surface area contributed by atoms with E-state index in [0.717, 1.165) is 0 Å². The molecular formula is C4H2ClN6. The summed E-state index contributed by atoms with van der Waals surface area (Å²) in [5.41, 5.74) is 4.05. The Bertz CT molecular complexity index is 325.